The van der Waals surface area contributed by atoms with Crippen molar-refractivity contribution in [2.24, 2.45) is 0 Å². The Kier molecular flexibility index (Phi) is 4.74. The molecule has 6 nitrogen and oxygen atoms in total. The van der Waals surface area contributed by atoms with Gasteiger partial charge in [0.2, 0.25) is 0 Å². The zero-order chi connectivity index (χ0) is 16.9. The van der Waals surface area contributed by atoms with Gasteiger partial charge in [-0.3, -0.25) is 4.79 Å². The lowest BCUT2D eigenvalue weighted by Crippen LogP contribution is -2.23. The molecule has 0 bridgehead atoms. The molecule has 1 aromatic heterocycles. The van der Waals surface area contributed by atoms with Crippen molar-refractivity contribution in [3.8, 4) is 0 Å². The maximum Gasteiger partial charge on any atom is 0.335 e. The SMILES string of the molecule is O=C(O)c1ccc(CNC(=O)c2ccc(N3CCCC3)nc2)cc1. The van der Waals surface area contributed by atoms with E-state index in [4.69, 9.17) is 5.11 Å². The van der Waals surface area contributed by atoms with Crippen LogP contribution in [0.2, 0.25) is 0 Å². The molecule has 0 aliphatic carbocycles. The van der Waals surface area contributed by atoms with Crippen LogP contribution in [0.1, 0.15) is 39.1 Å². The predicted molar refractivity (Wildman–Crippen MR) is 90.3 cm³/mol. The average Bonchev–Trinajstić information content (AvgIpc) is 3.15. The third-order valence-corrected chi connectivity index (χ3v) is 4.09. The average molecular weight is 325 g/mol. The summed E-state index contributed by atoms with van der Waals surface area (Å²) in [5, 5.41) is 11.7. The molecule has 1 aliphatic rings. The second-order valence-corrected chi connectivity index (χ2v) is 5.78. The van der Waals surface area contributed by atoms with Crippen molar-refractivity contribution < 1.29 is 14.7 Å². The number of carbonyl (C=O) groups excluding carboxylic acids is 1. The fourth-order valence-corrected chi connectivity index (χ4v) is 2.70. The Bertz CT molecular complexity index is 720. The van der Waals surface area contributed by atoms with Crippen LogP contribution in [-0.2, 0) is 6.54 Å². The minimum absolute atomic E-state index is 0.196. The standard InChI is InChI=1S/C18H19N3O3/c22-17(20-11-13-3-5-14(6-4-13)18(23)24)15-7-8-16(19-12-15)21-9-1-2-10-21/h3-8,12H,1-2,9-11H2,(H,20,22)(H,23,24). The summed E-state index contributed by atoms with van der Waals surface area (Å²) < 4.78 is 0. The Hall–Kier alpha value is -2.89. The number of carbonyl (C=O) groups is 2. The first-order valence-corrected chi connectivity index (χ1v) is 7.95. The first-order chi connectivity index (χ1) is 11.6. The van der Waals surface area contributed by atoms with Crippen LogP contribution in [0.4, 0.5) is 5.82 Å². The molecule has 6 heteroatoms. The molecule has 124 valence electrons. The predicted octanol–water partition coefficient (Wildman–Crippen LogP) is 2.31. The van der Waals surface area contributed by atoms with Gasteiger partial charge in [0.25, 0.3) is 5.91 Å². The van der Waals surface area contributed by atoms with E-state index in [1.165, 1.54) is 25.0 Å². The Balaban J connectivity index is 1.57. The molecule has 0 unspecified atom stereocenters. The van der Waals surface area contributed by atoms with Crippen LogP contribution in [0.3, 0.4) is 0 Å². The molecule has 0 spiro atoms. The van der Waals surface area contributed by atoms with Crippen LogP contribution in [-0.4, -0.2) is 35.1 Å². The summed E-state index contributed by atoms with van der Waals surface area (Å²) in [5.41, 5.74) is 1.59. The van der Waals surface area contributed by atoms with Gasteiger partial charge in [-0.1, -0.05) is 12.1 Å². The monoisotopic (exact) mass is 325 g/mol. The fraction of sp³-hybridized carbons (Fsp3) is 0.278. The lowest BCUT2D eigenvalue weighted by molar-refractivity contribution is 0.0696. The quantitative estimate of drug-likeness (QED) is 0.881. The van der Waals surface area contributed by atoms with Crippen molar-refractivity contribution in [1.82, 2.24) is 10.3 Å². The Morgan fingerprint density at radius 2 is 1.71 bits per heavy atom. The molecular weight excluding hydrogens is 306 g/mol. The molecule has 0 saturated carbocycles. The van der Waals surface area contributed by atoms with Gasteiger partial charge in [-0.25, -0.2) is 9.78 Å². The Labute approximate surface area is 140 Å². The first-order valence-electron chi connectivity index (χ1n) is 7.95. The molecule has 1 amide bonds. The highest BCUT2D eigenvalue weighted by Crippen LogP contribution is 2.17. The number of amides is 1. The number of hydrogen-bond acceptors (Lipinski definition) is 4. The van der Waals surface area contributed by atoms with E-state index < -0.39 is 5.97 Å². The zero-order valence-corrected chi connectivity index (χ0v) is 13.2. The largest absolute Gasteiger partial charge is 0.478 e. The van der Waals surface area contributed by atoms with E-state index in [1.54, 1.807) is 24.4 Å². The maximum atomic E-state index is 12.2. The topological polar surface area (TPSA) is 82.5 Å². The highest BCUT2D eigenvalue weighted by molar-refractivity contribution is 5.94. The number of benzene rings is 1. The minimum Gasteiger partial charge on any atom is -0.478 e. The highest BCUT2D eigenvalue weighted by atomic mass is 16.4. The number of anilines is 1. The smallest absolute Gasteiger partial charge is 0.335 e. The second-order valence-electron chi connectivity index (χ2n) is 5.78. The van der Waals surface area contributed by atoms with Crippen molar-refractivity contribution in [1.29, 1.82) is 0 Å². The summed E-state index contributed by atoms with van der Waals surface area (Å²) in [6.07, 6.45) is 3.96. The summed E-state index contributed by atoms with van der Waals surface area (Å²) in [6, 6.07) is 10.1. The summed E-state index contributed by atoms with van der Waals surface area (Å²) in [4.78, 5) is 29.6. The van der Waals surface area contributed by atoms with Gasteiger partial charge in [0.1, 0.15) is 5.82 Å². The van der Waals surface area contributed by atoms with Gasteiger partial charge in [-0.2, -0.15) is 0 Å². The van der Waals surface area contributed by atoms with Crippen LogP contribution in [0, 0.1) is 0 Å². The van der Waals surface area contributed by atoms with E-state index >= 15 is 0 Å². The van der Waals surface area contributed by atoms with Gasteiger partial charge in [0.05, 0.1) is 11.1 Å². The van der Waals surface area contributed by atoms with E-state index in [1.807, 2.05) is 6.07 Å². The third-order valence-electron chi connectivity index (χ3n) is 4.09. The molecule has 3 rings (SSSR count). The molecule has 24 heavy (non-hydrogen) atoms. The van der Waals surface area contributed by atoms with Gasteiger partial charge in [0.15, 0.2) is 0 Å². The minimum atomic E-state index is -0.963. The van der Waals surface area contributed by atoms with Crippen molar-refractivity contribution in [3.63, 3.8) is 0 Å². The molecule has 1 fully saturated rings. The zero-order valence-electron chi connectivity index (χ0n) is 13.2. The summed E-state index contributed by atoms with van der Waals surface area (Å²) in [6.45, 7) is 2.38. The molecule has 1 aromatic carbocycles. The number of nitrogens with one attached hydrogen (secondary N) is 1. The van der Waals surface area contributed by atoms with E-state index in [9.17, 15) is 9.59 Å². The summed E-state index contributed by atoms with van der Waals surface area (Å²) >= 11 is 0. The number of hydrogen-bond donors (Lipinski definition) is 2. The van der Waals surface area contributed by atoms with Crippen molar-refractivity contribution in [2.45, 2.75) is 19.4 Å². The second kappa shape index (κ2) is 7.12. The number of carboxylic acid groups (broad SMARTS) is 1. The number of aromatic carboxylic acids is 1. The van der Waals surface area contributed by atoms with Gasteiger partial charge in [-0.05, 0) is 42.7 Å². The number of carboxylic acids is 1. The van der Waals surface area contributed by atoms with Gasteiger partial charge in [0, 0.05) is 25.8 Å². The Morgan fingerprint density at radius 3 is 2.29 bits per heavy atom. The number of pyridine rings is 1. The normalized spacial score (nSPS) is 13.8. The lowest BCUT2D eigenvalue weighted by atomic mass is 10.1. The van der Waals surface area contributed by atoms with Crippen LogP contribution >= 0.6 is 0 Å². The number of nitrogens with zero attached hydrogens (tertiary/aromatic N) is 2. The van der Waals surface area contributed by atoms with Crippen molar-refractivity contribution in [3.05, 3.63) is 59.3 Å². The fourth-order valence-electron chi connectivity index (χ4n) is 2.70. The number of aromatic nitrogens is 1. The molecule has 0 radical (unpaired) electrons. The Morgan fingerprint density at radius 1 is 1.04 bits per heavy atom. The summed E-state index contributed by atoms with van der Waals surface area (Å²) in [5.74, 6) is -0.249. The van der Waals surface area contributed by atoms with Crippen LogP contribution in [0.15, 0.2) is 42.6 Å². The molecule has 1 saturated heterocycles. The molecule has 2 heterocycles. The van der Waals surface area contributed by atoms with Gasteiger partial charge in [-0.15, -0.1) is 0 Å². The van der Waals surface area contributed by atoms with Gasteiger partial charge >= 0.3 is 5.97 Å². The van der Waals surface area contributed by atoms with Crippen molar-refractivity contribution in [2.75, 3.05) is 18.0 Å². The van der Waals surface area contributed by atoms with E-state index in [0.717, 1.165) is 24.5 Å². The molecular formula is C18H19N3O3. The van der Waals surface area contributed by atoms with Crippen LogP contribution in [0.5, 0.6) is 0 Å². The molecule has 2 aromatic rings. The molecule has 1 aliphatic heterocycles. The van der Waals surface area contributed by atoms with E-state index in [0.29, 0.717) is 12.1 Å². The number of rotatable bonds is 5. The maximum absolute atomic E-state index is 12.2. The van der Waals surface area contributed by atoms with Crippen LogP contribution in [0.25, 0.3) is 0 Å². The lowest BCUT2D eigenvalue weighted by Gasteiger charge is -2.16. The van der Waals surface area contributed by atoms with E-state index in [-0.39, 0.29) is 11.5 Å². The van der Waals surface area contributed by atoms with Crippen LogP contribution < -0.4 is 10.2 Å². The first kappa shape index (κ1) is 16.0. The molecule has 0 atom stereocenters. The summed E-state index contributed by atoms with van der Waals surface area (Å²) in [7, 11) is 0. The van der Waals surface area contributed by atoms with Gasteiger partial charge < -0.3 is 15.3 Å². The van der Waals surface area contributed by atoms with E-state index in [2.05, 4.69) is 15.2 Å². The third kappa shape index (κ3) is 3.71. The molecule has 2 N–H and O–H groups in total. The highest BCUT2D eigenvalue weighted by Gasteiger charge is 2.14. The van der Waals surface area contributed by atoms with Crippen molar-refractivity contribution >= 4 is 17.7 Å².